The normalized spacial score (nSPS) is 16.3. The number of rotatable bonds is 2. The first kappa shape index (κ1) is 23.0. The van der Waals surface area contributed by atoms with Crippen LogP contribution in [0.25, 0.3) is 22.3 Å². The highest BCUT2D eigenvalue weighted by Crippen LogP contribution is 2.38. The third-order valence-corrected chi connectivity index (χ3v) is 6.39. The second kappa shape index (κ2) is 7.62. The molecular weight excluding hydrogens is 473 g/mol. The van der Waals surface area contributed by atoms with Crippen LogP contribution in [-0.2, 0) is 33.7 Å². The van der Waals surface area contributed by atoms with Crippen molar-refractivity contribution in [3.8, 4) is 11.4 Å². The van der Waals surface area contributed by atoms with Gasteiger partial charge in [-0.3, -0.25) is 18.8 Å². The van der Waals surface area contributed by atoms with E-state index < -0.39 is 35.5 Å². The zero-order chi connectivity index (χ0) is 25.4. The van der Waals surface area contributed by atoms with E-state index in [9.17, 15) is 26.7 Å². The summed E-state index contributed by atoms with van der Waals surface area (Å²) >= 11 is 0. The fourth-order valence-electron chi connectivity index (χ4n) is 4.78. The fraction of sp³-hybridized carbons (Fsp3) is 0.364. The Kier molecular flexibility index (Phi) is 5.00. The summed E-state index contributed by atoms with van der Waals surface area (Å²) in [5.41, 5.74) is 0.877. The van der Waals surface area contributed by atoms with Gasteiger partial charge < -0.3 is 4.90 Å². The van der Waals surface area contributed by atoms with Gasteiger partial charge in [-0.25, -0.2) is 8.78 Å². The Morgan fingerprint density at radius 2 is 1.71 bits per heavy atom. The van der Waals surface area contributed by atoms with Crippen LogP contribution >= 0.6 is 0 Å². The summed E-state index contributed by atoms with van der Waals surface area (Å²) in [6.45, 7) is 1.93. The molecule has 35 heavy (non-hydrogen) atoms. The Hall–Kier alpha value is -3.77. The number of alkyl halides is 3. The van der Waals surface area contributed by atoms with Crippen molar-refractivity contribution in [2.45, 2.75) is 25.6 Å². The molecule has 184 valence electrons. The summed E-state index contributed by atoms with van der Waals surface area (Å²) in [6, 6.07) is 2.21. The molecule has 0 saturated heterocycles. The maximum absolute atomic E-state index is 14.6. The Labute approximate surface area is 195 Å². The Bertz CT molecular complexity index is 1500. The lowest BCUT2D eigenvalue weighted by molar-refractivity contribution is -0.143. The first-order valence-corrected chi connectivity index (χ1v) is 10.7. The van der Waals surface area contributed by atoms with E-state index >= 15 is 0 Å². The van der Waals surface area contributed by atoms with E-state index in [4.69, 9.17) is 0 Å². The van der Waals surface area contributed by atoms with Gasteiger partial charge in [0.15, 0.2) is 5.69 Å². The first-order chi connectivity index (χ1) is 16.4. The monoisotopic (exact) mass is 493 g/mol. The number of benzene rings is 1. The van der Waals surface area contributed by atoms with E-state index in [1.54, 1.807) is 14.0 Å². The van der Waals surface area contributed by atoms with Crippen LogP contribution in [0.5, 0.6) is 0 Å². The lowest BCUT2D eigenvalue weighted by atomic mass is 9.96. The fourth-order valence-corrected chi connectivity index (χ4v) is 4.78. The number of carbonyl (C=O) groups is 1. The van der Waals surface area contributed by atoms with Gasteiger partial charge in [0.05, 0.1) is 28.3 Å². The van der Waals surface area contributed by atoms with Crippen molar-refractivity contribution in [1.29, 1.82) is 0 Å². The summed E-state index contributed by atoms with van der Waals surface area (Å²) in [5, 5.41) is 12.6. The highest BCUT2D eigenvalue weighted by Gasteiger charge is 2.38. The summed E-state index contributed by atoms with van der Waals surface area (Å²) in [6.07, 6.45) is -4.26. The maximum atomic E-state index is 14.6. The molecule has 1 aromatic carbocycles. The van der Waals surface area contributed by atoms with E-state index in [1.165, 1.54) is 28.4 Å². The summed E-state index contributed by atoms with van der Waals surface area (Å²) in [5.74, 6) is -2.22. The minimum Gasteiger partial charge on any atom is -0.328 e. The van der Waals surface area contributed by atoms with Gasteiger partial charge in [-0.2, -0.15) is 28.5 Å². The molecule has 4 heterocycles. The molecule has 0 radical (unpaired) electrons. The third-order valence-electron chi connectivity index (χ3n) is 6.39. The van der Waals surface area contributed by atoms with Gasteiger partial charge in [0.25, 0.3) is 5.91 Å². The number of aryl methyl sites for hydroxylation is 3. The predicted octanol–water partition coefficient (Wildman–Crippen LogP) is 3.76. The zero-order valence-electron chi connectivity index (χ0n) is 19.2. The molecule has 0 saturated carbocycles. The molecule has 1 unspecified atom stereocenters. The molecule has 1 amide bonds. The highest BCUT2D eigenvalue weighted by molar-refractivity contribution is 6.05. The van der Waals surface area contributed by atoms with E-state index in [0.717, 1.165) is 16.8 Å². The summed E-state index contributed by atoms with van der Waals surface area (Å²) in [7, 11) is 4.31. The predicted molar refractivity (Wildman–Crippen MR) is 114 cm³/mol. The zero-order valence-corrected chi connectivity index (χ0v) is 19.2. The smallest absolute Gasteiger partial charge is 0.328 e. The van der Waals surface area contributed by atoms with Gasteiger partial charge in [-0.1, -0.05) is 0 Å². The standard InChI is InChI=1S/C22H20F5N7O/c1-10-18-12(20(33(4)29-18)14-9-16(22(25,26)27)32(3)28-14)5-6-34(10)21(35)19-17-13(24)7-11(23)8-15(17)31(2)30-19/h7-10H,5-6H2,1-4H3. The molecular formula is C22H20F5N7O. The van der Waals surface area contributed by atoms with Gasteiger partial charge in [0, 0.05) is 39.3 Å². The Balaban J connectivity index is 1.53. The molecule has 8 nitrogen and oxygen atoms in total. The SMILES string of the molecule is CC1c2nn(C)c(-c3cc(C(F)(F)F)n(C)n3)c2CCN1C(=O)c1nn(C)c2cc(F)cc(F)c12. The summed E-state index contributed by atoms with van der Waals surface area (Å²) < 4.78 is 71.6. The minimum absolute atomic E-state index is 0.0771. The lowest BCUT2D eigenvalue weighted by Crippen LogP contribution is -2.39. The van der Waals surface area contributed by atoms with Gasteiger partial charge in [-0.15, -0.1) is 0 Å². The van der Waals surface area contributed by atoms with Crippen LogP contribution < -0.4 is 0 Å². The molecule has 1 aliphatic heterocycles. The number of fused-ring (bicyclic) bond motifs is 2. The molecule has 1 atom stereocenters. The number of carbonyl (C=O) groups excluding carboxylic acids is 1. The molecule has 1 aliphatic rings. The van der Waals surface area contributed by atoms with E-state index in [-0.39, 0.29) is 28.8 Å². The largest absolute Gasteiger partial charge is 0.433 e. The number of aromatic nitrogens is 6. The molecule has 0 bridgehead atoms. The number of hydrogen-bond donors (Lipinski definition) is 0. The van der Waals surface area contributed by atoms with Gasteiger partial charge in [0.2, 0.25) is 0 Å². The molecule has 0 spiro atoms. The van der Waals surface area contributed by atoms with Crippen molar-refractivity contribution < 1.29 is 26.7 Å². The summed E-state index contributed by atoms with van der Waals surface area (Å²) in [4.78, 5) is 14.9. The van der Waals surface area contributed by atoms with Crippen LogP contribution in [0.3, 0.4) is 0 Å². The number of hydrogen-bond acceptors (Lipinski definition) is 4. The molecule has 0 N–H and O–H groups in total. The quantitative estimate of drug-likeness (QED) is 0.399. The average molecular weight is 493 g/mol. The average Bonchev–Trinajstić information content (AvgIpc) is 3.41. The van der Waals surface area contributed by atoms with Crippen molar-refractivity contribution in [2.24, 2.45) is 21.1 Å². The van der Waals surface area contributed by atoms with Crippen molar-refractivity contribution >= 4 is 16.8 Å². The van der Waals surface area contributed by atoms with E-state index in [2.05, 4.69) is 15.3 Å². The Morgan fingerprint density at radius 3 is 2.37 bits per heavy atom. The highest BCUT2D eigenvalue weighted by atomic mass is 19.4. The van der Waals surface area contributed by atoms with E-state index in [1.807, 2.05) is 0 Å². The molecule has 13 heteroatoms. The number of amides is 1. The van der Waals surface area contributed by atoms with Crippen LogP contribution in [0.1, 0.15) is 40.4 Å². The molecule has 4 aromatic rings. The minimum atomic E-state index is -4.56. The third kappa shape index (κ3) is 3.48. The van der Waals surface area contributed by atoms with E-state index in [0.29, 0.717) is 29.4 Å². The van der Waals surface area contributed by atoms with Crippen LogP contribution in [0.15, 0.2) is 18.2 Å². The van der Waals surface area contributed by atoms with Crippen LogP contribution in [0, 0.1) is 11.6 Å². The topological polar surface area (TPSA) is 73.8 Å². The molecule has 0 fully saturated rings. The van der Waals surface area contributed by atoms with Gasteiger partial charge in [0.1, 0.15) is 23.0 Å². The first-order valence-electron chi connectivity index (χ1n) is 10.7. The van der Waals surface area contributed by atoms with Crippen molar-refractivity contribution in [3.63, 3.8) is 0 Å². The molecule has 3 aromatic heterocycles. The second-order valence-electron chi connectivity index (χ2n) is 8.55. The molecule has 0 aliphatic carbocycles. The van der Waals surface area contributed by atoms with Crippen molar-refractivity contribution in [2.75, 3.05) is 6.54 Å². The number of nitrogens with zero attached hydrogens (tertiary/aromatic N) is 7. The van der Waals surface area contributed by atoms with Gasteiger partial charge >= 0.3 is 6.18 Å². The van der Waals surface area contributed by atoms with Gasteiger partial charge in [-0.05, 0) is 25.5 Å². The Morgan fingerprint density at radius 1 is 1.00 bits per heavy atom. The van der Waals surface area contributed by atoms with Crippen LogP contribution in [0.2, 0.25) is 0 Å². The lowest BCUT2D eigenvalue weighted by Gasteiger charge is -2.32. The van der Waals surface area contributed by atoms with Crippen molar-refractivity contribution in [3.05, 3.63) is 52.5 Å². The molecule has 5 rings (SSSR count). The number of halogens is 5. The van der Waals surface area contributed by atoms with Crippen molar-refractivity contribution in [1.82, 2.24) is 34.2 Å². The van der Waals surface area contributed by atoms with Crippen LogP contribution in [-0.4, -0.2) is 46.7 Å². The maximum Gasteiger partial charge on any atom is 0.433 e. The van der Waals surface area contributed by atoms with Crippen LogP contribution in [0.4, 0.5) is 22.0 Å². The second-order valence-corrected chi connectivity index (χ2v) is 8.55.